The average molecular weight is 396 g/mol. The van der Waals surface area contributed by atoms with Gasteiger partial charge in [0.25, 0.3) is 0 Å². The van der Waals surface area contributed by atoms with Crippen LogP contribution in [0.2, 0.25) is 0 Å². The van der Waals surface area contributed by atoms with Crippen LogP contribution in [0.15, 0.2) is 53.1 Å². The Morgan fingerprint density at radius 2 is 1.96 bits per heavy atom. The van der Waals surface area contributed by atoms with Crippen molar-refractivity contribution in [3.63, 3.8) is 0 Å². The number of fused-ring (bicyclic) bond motifs is 2. The maximum atomic E-state index is 4.74. The van der Waals surface area contributed by atoms with E-state index >= 15 is 0 Å². The molecule has 0 radical (unpaired) electrons. The molecule has 0 atom stereocenters. The summed E-state index contributed by atoms with van der Waals surface area (Å²) in [6.45, 7) is 1.69. The Morgan fingerprint density at radius 3 is 2.80 bits per heavy atom. The zero-order chi connectivity index (χ0) is 17.2. The third-order valence-corrected chi connectivity index (χ3v) is 4.64. The molecule has 25 heavy (non-hydrogen) atoms. The van der Waals surface area contributed by atoms with E-state index in [4.69, 9.17) is 4.98 Å². The predicted octanol–water partition coefficient (Wildman–Crippen LogP) is 4.17. The number of benzene rings is 2. The van der Waals surface area contributed by atoms with Crippen LogP contribution < -0.4 is 10.6 Å². The second-order valence-electron chi connectivity index (χ2n) is 5.84. The van der Waals surface area contributed by atoms with E-state index in [2.05, 4.69) is 42.6 Å². The second kappa shape index (κ2) is 6.82. The van der Waals surface area contributed by atoms with Gasteiger partial charge in [0.1, 0.15) is 5.82 Å². The lowest BCUT2D eigenvalue weighted by Gasteiger charge is -2.14. The molecular formula is C19H18BrN5. The Hall–Kier alpha value is -2.44. The molecule has 0 fully saturated rings. The van der Waals surface area contributed by atoms with Crippen molar-refractivity contribution in [3.05, 3.63) is 53.1 Å². The molecule has 0 aliphatic rings. The maximum Gasteiger partial charge on any atom is 0.142 e. The van der Waals surface area contributed by atoms with Gasteiger partial charge in [0.2, 0.25) is 0 Å². The lowest BCUT2D eigenvalue weighted by atomic mass is 10.1. The molecule has 0 saturated carbocycles. The van der Waals surface area contributed by atoms with Crippen LogP contribution in [-0.4, -0.2) is 35.1 Å². The smallest absolute Gasteiger partial charge is 0.142 e. The number of hydrogen-bond acceptors (Lipinski definition) is 4. The highest BCUT2D eigenvalue weighted by Gasteiger charge is 2.14. The van der Waals surface area contributed by atoms with Crippen LogP contribution in [0.4, 0.5) is 5.69 Å². The largest absolute Gasteiger partial charge is 0.383 e. The molecule has 0 amide bonds. The van der Waals surface area contributed by atoms with E-state index in [1.54, 1.807) is 0 Å². The molecule has 6 heteroatoms. The highest BCUT2D eigenvalue weighted by atomic mass is 79.9. The number of aromatic amines is 1. The number of rotatable bonds is 5. The molecule has 2 aromatic carbocycles. The van der Waals surface area contributed by atoms with E-state index in [0.29, 0.717) is 0 Å². The number of imidazole rings is 1. The van der Waals surface area contributed by atoms with Crippen molar-refractivity contribution in [1.82, 2.24) is 20.3 Å². The lowest BCUT2D eigenvalue weighted by molar-refractivity contribution is 0.824. The van der Waals surface area contributed by atoms with Crippen LogP contribution in [0.25, 0.3) is 33.3 Å². The fourth-order valence-corrected chi connectivity index (χ4v) is 3.29. The number of nitrogens with zero attached hydrogens (tertiary/aromatic N) is 2. The summed E-state index contributed by atoms with van der Waals surface area (Å²) < 4.78 is 1.03. The molecule has 2 aromatic heterocycles. The highest BCUT2D eigenvalue weighted by molar-refractivity contribution is 9.10. The first-order valence-corrected chi connectivity index (χ1v) is 8.97. The van der Waals surface area contributed by atoms with Crippen LogP contribution in [0.5, 0.6) is 0 Å². The molecule has 5 nitrogen and oxygen atoms in total. The van der Waals surface area contributed by atoms with Crippen molar-refractivity contribution in [1.29, 1.82) is 0 Å². The SMILES string of the molecule is CNCCNc1c(-c2nc3ccccc3[nH]2)cnc2ccc(Br)cc12. The van der Waals surface area contributed by atoms with Crippen molar-refractivity contribution >= 4 is 43.6 Å². The topological polar surface area (TPSA) is 65.6 Å². The highest BCUT2D eigenvalue weighted by Crippen LogP contribution is 2.34. The fraction of sp³-hybridized carbons (Fsp3) is 0.158. The van der Waals surface area contributed by atoms with E-state index in [1.807, 2.05) is 49.6 Å². The summed E-state index contributed by atoms with van der Waals surface area (Å²) in [5.41, 5.74) is 4.94. The number of nitrogens with one attached hydrogen (secondary N) is 3. The van der Waals surface area contributed by atoms with Gasteiger partial charge in [0.15, 0.2) is 0 Å². The quantitative estimate of drug-likeness (QED) is 0.443. The molecule has 126 valence electrons. The Balaban J connectivity index is 1.90. The molecule has 0 saturated heterocycles. The van der Waals surface area contributed by atoms with Gasteiger partial charge in [0.05, 0.1) is 27.8 Å². The minimum absolute atomic E-state index is 0.815. The van der Waals surface area contributed by atoms with Crippen molar-refractivity contribution in [3.8, 4) is 11.4 Å². The predicted molar refractivity (Wildman–Crippen MR) is 107 cm³/mol. The van der Waals surface area contributed by atoms with Crippen molar-refractivity contribution in [2.45, 2.75) is 0 Å². The summed E-state index contributed by atoms with van der Waals surface area (Å²) in [5, 5.41) is 7.78. The van der Waals surface area contributed by atoms with E-state index in [9.17, 15) is 0 Å². The standard InChI is InChI=1S/C19H18BrN5/c1-21-8-9-22-18-13-10-12(20)6-7-15(13)23-11-14(18)19-24-16-4-2-3-5-17(16)25-19/h2-7,10-11,21H,8-9H2,1H3,(H,22,23)(H,24,25). The molecule has 0 unspecified atom stereocenters. The Kier molecular flexibility index (Phi) is 4.38. The van der Waals surface area contributed by atoms with Crippen molar-refractivity contribution in [2.75, 3.05) is 25.5 Å². The fourth-order valence-electron chi connectivity index (χ4n) is 2.93. The number of H-pyrrole nitrogens is 1. The second-order valence-corrected chi connectivity index (χ2v) is 6.76. The van der Waals surface area contributed by atoms with Gasteiger partial charge < -0.3 is 15.6 Å². The van der Waals surface area contributed by atoms with E-state index in [0.717, 1.165) is 56.6 Å². The van der Waals surface area contributed by atoms with Crippen LogP contribution >= 0.6 is 15.9 Å². The third-order valence-electron chi connectivity index (χ3n) is 4.15. The lowest BCUT2D eigenvalue weighted by Crippen LogP contribution is -2.18. The summed E-state index contributed by atoms with van der Waals surface area (Å²) in [5.74, 6) is 0.822. The number of anilines is 1. The first kappa shape index (κ1) is 16.1. The number of hydrogen-bond donors (Lipinski definition) is 3. The minimum Gasteiger partial charge on any atom is -0.383 e. The number of likely N-dealkylation sites (N-methyl/N-ethyl adjacent to an activating group) is 1. The van der Waals surface area contributed by atoms with Crippen LogP contribution in [0.3, 0.4) is 0 Å². The third kappa shape index (κ3) is 3.10. The Bertz CT molecular complexity index is 1010. The zero-order valence-electron chi connectivity index (χ0n) is 13.8. The van der Waals surface area contributed by atoms with Gasteiger partial charge in [-0.25, -0.2) is 4.98 Å². The Labute approximate surface area is 154 Å². The minimum atomic E-state index is 0.815. The van der Waals surface area contributed by atoms with Crippen LogP contribution in [0.1, 0.15) is 0 Å². The van der Waals surface area contributed by atoms with Gasteiger partial charge in [0, 0.05) is 29.1 Å². The van der Waals surface area contributed by atoms with Gasteiger partial charge in [-0.05, 0) is 37.4 Å². The summed E-state index contributed by atoms with van der Waals surface area (Å²) >= 11 is 3.57. The van der Waals surface area contributed by atoms with Gasteiger partial charge in [-0.15, -0.1) is 0 Å². The summed E-state index contributed by atoms with van der Waals surface area (Å²) in [4.78, 5) is 12.8. The average Bonchev–Trinajstić information content (AvgIpc) is 3.06. The summed E-state index contributed by atoms with van der Waals surface area (Å²) in [6.07, 6.45) is 1.88. The van der Waals surface area contributed by atoms with E-state index in [1.165, 1.54) is 0 Å². The number of aromatic nitrogens is 3. The number of halogens is 1. The first-order chi connectivity index (χ1) is 12.3. The van der Waals surface area contributed by atoms with E-state index < -0.39 is 0 Å². The molecule has 4 aromatic rings. The zero-order valence-corrected chi connectivity index (χ0v) is 15.4. The number of pyridine rings is 1. The molecule has 0 aliphatic carbocycles. The number of para-hydroxylation sites is 2. The molecule has 4 rings (SSSR count). The molecule has 0 aliphatic heterocycles. The van der Waals surface area contributed by atoms with Crippen LogP contribution in [0, 0.1) is 0 Å². The molecule has 3 N–H and O–H groups in total. The van der Waals surface area contributed by atoms with Gasteiger partial charge in [-0.1, -0.05) is 28.1 Å². The maximum absolute atomic E-state index is 4.74. The normalized spacial score (nSPS) is 11.3. The van der Waals surface area contributed by atoms with Gasteiger partial charge in [-0.3, -0.25) is 4.98 Å². The first-order valence-electron chi connectivity index (χ1n) is 8.18. The van der Waals surface area contributed by atoms with Gasteiger partial charge >= 0.3 is 0 Å². The molecular weight excluding hydrogens is 378 g/mol. The van der Waals surface area contributed by atoms with Crippen molar-refractivity contribution in [2.24, 2.45) is 0 Å². The van der Waals surface area contributed by atoms with Crippen LogP contribution in [-0.2, 0) is 0 Å². The van der Waals surface area contributed by atoms with Crippen molar-refractivity contribution < 1.29 is 0 Å². The molecule has 2 heterocycles. The summed E-state index contributed by atoms with van der Waals surface area (Å²) in [7, 11) is 1.95. The summed E-state index contributed by atoms with van der Waals surface area (Å²) in [6, 6.07) is 14.2. The van der Waals surface area contributed by atoms with E-state index in [-0.39, 0.29) is 0 Å². The Morgan fingerprint density at radius 1 is 1.08 bits per heavy atom. The molecule has 0 spiro atoms. The monoisotopic (exact) mass is 395 g/mol. The molecule has 0 bridgehead atoms. The van der Waals surface area contributed by atoms with Gasteiger partial charge in [-0.2, -0.15) is 0 Å².